The lowest BCUT2D eigenvalue weighted by atomic mass is 10.2. The zero-order valence-electron chi connectivity index (χ0n) is 16.7. The average Bonchev–Trinajstić information content (AvgIpc) is 2.73. The van der Waals surface area contributed by atoms with Gasteiger partial charge in [-0.15, -0.1) is 4.68 Å². The summed E-state index contributed by atoms with van der Waals surface area (Å²) >= 11 is 7.08. The second-order valence-electron chi connectivity index (χ2n) is 6.53. The molecule has 158 valence electrons. The third kappa shape index (κ3) is 4.52. The highest BCUT2D eigenvalue weighted by Gasteiger charge is 2.18. The van der Waals surface area contributed by atoms with Gasteiger partial charge in [-0.05, 0) is 70.3 Å². The lowest BCUT2D eigenvalue weighted by Crippen LogP contribution is -2.32. The second-order valence-corrected chi connectivity index (χ2v) is 8.11. The van der Waals surface area contributed by atoms with Crippen LogP contribution < -0.4 is 20.7 Å². The Morgan fingerprint density at radius 3 is 2.63 bits per heavy atom. The summed E-state index contributed by atoms with van der Waals surface area (Å²) in [6.45, 7) is 6.34. The van der Waals surface area contributed by atoms with Crippen LogP contribution in [0, 0.1) is 0 Å². The Hall–Kier alpha value is -2.39. The number of aromatic nitrogens is 2. The van der Waals surface area contributed by atoms with Crippen LogP contribution in [-0.4, -0.2) is 28.6 Å². The number of ether oxygens (including phenoxy) is 2. The van der Waals surface area contributed by atoms with E-state index >= 15 is 0 Å². The molecule has 0 fully saturated rings. The third-order valence-electron chi connectivity index (χ3n) is 4.45. The fourth-order valence-electron chi connectivity index (χ4n) is 2.73. The molecule has 0 spiro atoms. The number of H-pyrrole nitrogens is 1. The van der Waals surface area contributed by atoms with E-state index in [1.165, 1.54) is 6.21 Å². The summed E-state index contributed by atoms with van der Waals surface area (Å²) in [6.07, 6.45) is 2.27. The molecule has 0 unspecified atom stereocenters. The minimum atomic E-state index is -0.619. The number of benzene rings is 2. The maximum atomic E-state index is 12.7. The molecule has 0 saturated carbocycles. The number of fused-ring (bicyclic) bond motifs is 1. The summed E-state index contributed by atoms with van der Waals surface area (Å²) in [5, 5.41) is 4.50. The number of aromatic amines is 1. The summed E-state index contributed by atoms with van der Waals surface area (Å²) in [7, 11) is 0. The van der Waals surface area contributed by atoms with Gasteiger partial charge < -0.3 is 14.5 Å². The monoisotopic (exact) mass is 537 g/mol. The molecule has 1 heterocycles. The predicted molar refractivity (Wildman–Crippen MR) is 125 cm³/mol. The molecule has 0 amide bonds. The molecule has 0 aliphatic heterocycles. The van der Waals surface area contributed by atoms with Gasteiger partial charge in [0.15, 0.2) is 11.5 Å². The zero-order chi connectivity index (χ0) is 21.8. The van der Waals surface area contributed by atoms with E-state index in [0.29, 0.717) is 43.5 Å². The molecule has 0 aliphatic rings. The minimum Gasteiger partial charge on any atom is -0.490 e. The first-order valence-electron chi connectivity index (χ1n) is 9.47. The molecule has 0 bridgehead atoms. The number of nitrogens with one attached hydrogen (secondary N) is 1. The molecule has 7 nitrogen and oxygen atoms in total. The van der Waals surface area contributed by atoms with E-state index in [9.17, 15) is 9.59 Å². The molecule has 9 heteroatoms. The quantitative estimate of drug-likeness (QED) is 0.443. The minimum absolute atomic E-state index is 0.00154. The zero-order valence-corrected chi connectivity index (χ0v) is 19.9. The van der Waals surface area contributed by atoms with Gasteiger partial charge in [-0.2, -0.15) is 5.10 Å². The fraction of sp³-hybridized carbons (Fsp3) is 0.286. The first-order chi connectivity index (χ1) is 14.4. The molecular formula is C21H21Br2N3O4. The number of nitrogens with zero attached hydrogens (tertiary/aromatic N) is 2. The highest BCUT2D eigenvalue weighted by Crippen LogP contribution is 2.43. The predicted octanol–water partition coefficient (Wildman–Crippen LogP) is 4.67. The van der Waals surface area contributed by atoms with Gasteiger partial charge in [-0.1, -0.05) is 19.1 Å². The lowest BCUT2D eigenvalue weighted by Gasteiger charge is -2.19. The van der Waals surface area contributed by atoms with Crippen LogP contribution in [0.3, 0.4) is 0 Å². The molecule has 3 aromatic rings. The molecule has 0 aliphatic carbocycles. The van der Waals surface area contributed by atoms with E-state index in [1.54, 1.807) is 30.3 Å². The highest BCUT2D eigenvalue weighted by molar-refractivity contribution is 9.13. The van der Waals surface area contributed by atoms with Crippen molar-refractivity contribution in [2.45, 2.75) is 33.3 Å². The summed E-state index contributed by atoms with van der Waals surface area (Å²) < 4.78 is 13.9. The van der Waals surface area contributed by atoms with Gasteiger partial charge in [-0.25, -0.2) is 4.79 Å². The topological polar surface area (TPSA) is 85.7 Å². The van der Waals surface area contributed by atoms with E-state index in [2.05, 4.69) is 41.9 Å². The van der Waals surface area contributed by atoms with E-state index in [4.69, 9.17) is 9.47 Å². The van der Waals surface area contributed by atoms with Gasteiger partial charge in [0.1, 0.15) is 0 Å². The van der Waals surface area contributed by atoms with Crippen molar-refractivity contribution in [3.05, 3.63) is 65.7 Å². The molecule has 1 aromatic heterocycles. The third-order valence-corrected chi connectivity index (χ3v) is 6.59. The van der Waals surface area contributed by atoms with Crippen LogP contribution in [0.1, 0.15) is 32.8 Å². The SMILES string of the molecule is CCOc1cc(C=Nn2c(=O)[nH]c3ccccc3c2=O)c(Br)c(Br)c1O[C@H](C)CC. The van der Waals surface area contributed by atoms with Crippen LogP contribution in [-0.2, 0) is 0 Å². The van der Waals surface area contributed by atoms with Crippen molar-refractivity contribution >= 4 is 49.0 Å². The largest absolute Gasteiger partial charge is 0.490 e. The van der Waals surface area contributed by atoms with E-state index in [-0.39, 0.29) is 6.10 Å². The lowest BCUT2D eigenvalue weighted by molar-refractivity contribution is 0.201. The van der Waals surface area contributed by atoms with Crippen molar-refractivity contribution in [1.82, 2.24) is 9.66 Å². The second kappa shape index (κ2) is 9.61. The van der Waals surface area contributed by atoms with E-state index in [1.807, 2.05) is 20.8 Å². The summed E-state index contributed by atoms with van der Waals surface area (Å²) in [6, 6.07) is 8.54. The van der Waals surface area contributed by atoms with E-state index < -0.39 is 11.2 Å². The van der Waals surface area contributed by atoms with Crippen LogP contribution in [0.15, 0.2) is 54.0 Å². The summed E-state index contributed by atoms with van der Waals surface area (Å²) in [5.74, 6) is 1.12. The standard InChI is InChI=1S/C21H21Br2N3O4/c1-4-12(3)30-19-16(29-5-2)10-13(17(22)18(19)23)11-24-26-20(27)14-8-6-7-9-15(14)25-21(26)28/h6-12H,4-5H2,1-3H3,(H,25,28)/t12-/m1/s1. The Balaban J connectivity index is 2.09. The summed E-state index contributed by atoms with van der Waals surface area (Å²) in [5.41, 5.74) is -0.0382. The molecular weight excluding hydrogens is 518 g/mol. The maximum Gasteiger partial charge on any atom is 0.349 e. The first kappa shape index (κ1) is 22.3. The van der Waals surface area contributed by atoms with Gasteiger partial charge in [-0.3, -0.25) is 4.79 Å². The van der Waals surface area contributed by atoms with Gasteiger partial charge in [0.2, 0.25) is 0 Å². The van der Waals surface area contributed by atoms with Crippen molar-refractivity contribution in [2.75, 3.05) is 6.61 Å². The smallest absolute Gasteiger partial charge is 0.349 e. The van der Waals surface area contributed by atoms with Crippen molar-refractivity contribution in [1.29, 1.82) is 0 Å². The van der Waals surface area contributed by atoms with Gasteiger partial charge in [0.05, 0.1) is 34.3 Å². The van der Waals surface area contributed by atoms with Crippen LogP contribution >= 0.6 is 31.9 Å². The number of halogens is 2. The van der Waals surface area contributed by atoms with Crippen LogP contribution in [0.2, 0.25) is 0 Å². The van der Waals surface area contributed by atoms with Crippen molar-refractivity contribution in [3.8, 4) is 11.5 Å². The Morgan fingerprint density at radius 2 is 1.93 bits per heavy atom. The van der Waals surface area contributed by atoms with Crippen LogP contribution in [0.5, 0.6) is 11.5 Å². The Kier molecular flexibility index (Phi) is 7.14. The van der Waals surface area contributed by atoms with Gasteiger partial charge >= 0.3 is 5.69 Å². The molecule has 0 saturated heterocycles. The van der Waals surface area contributed by atoms with E-state index in [0.717, 1.165) is 11.1 Å². The van der Waals surface area contributed by atoms with Crippen molar-refractivity contribution < 1.29 is 9.47 Å². The van der Waals surface area contributed by atoms with Crippen LogP contribution in [0.25, 0.3) is 10.9 Å². The van der Waals surface area contributed by atoms with Gasteiger partial charge in [0, 0.05) is 10.0 Å². The molecule has 2 aromatic carbocycles. The van der Waals surface area contributed by atoms with Crippen molar-refractivity contribution in [2.24, 2.45) is 5.10 Å². The summed E-state index contributed by atoms with van der Waals surface area (Å²) in [4.78, 5) is 27.7. The Labute approximate surface area is 190 Å². The molecule has 3 rings (SSSR count). The number of para-hydroxylation sites is 1. The molecule has 30 heavy (non-hydrogen) atoms. The first-order valence-corrected chi connectivity index (χ1v) is 11.1. The van der Waals surface area contributed by atoms with Crippen molar-refractivity contribution in [3.63, 3.8) is 0 Å². The van der Waals surface area contributed by atoms with Crippen LogP contribution in [0.4, 0.5) is 0 Å². The number of rotatable bonds is 7. The highest BCUT2D eigenvalue weighted by atomic mass is 79.9. The molecule has 0 radical (unpaired) electrons. The molecule has 1 N–H and O–H groups in total. The van der Waals surface area contributed by atoms with Gasteiger partial charge in [0.25, 0.3) is 5.56 Å². The Bertz CT molecular complexity index is 1220. The number of hydrogen-bond donors (Lipinski definition) is 1. The normalized spacial score (nSPS) is 12.4. The Morgan fingerprint density at radius 1 is 1.20 bits per heavy atom. The fourth-order valence-corrected chi connectivity index (χ4v) is 3.65. The molecule has 1 atom stereocenters. The maximum absolute atomic E-state index is 12.7. The average molecular weight is 539 g/mol. The number of hydrogen-bond acceptors (Lipinski definition) is 5.